The average molecular weight is 286 g/mol. The van der Waals surface area contributed by atoms with Crippen LogP contribution in [0.5, 0.6) is 11.5 Å². The first kappa shape index (κ1) is 12.3. The van der Waals surface area contributed by atoms with Crippen LogP contribution in [-0.4, -0.2) is 12.8 Å². The first-order valence-corrected chi connectivity index (χ1v) is 6.90. The zero-order chi connectivity index (χ0) is 14.2. The lowest BCUT2D eigenvalue weighted by Crippen LogP contribution is -2.07. The fraction of sp³-hybridized carbons (Fsp3) is 0.312. The van der Waals surface area contributed by atoms with Gasteiger partial charge in [0.2, 0.25) is 6.79 Å². The molecule has 1 fully saturated rings. The lowest BCUT2D eigenvalue weighted by molar-refractivity contribution is -0.146. The van der Waals surface area contributed by atoms with Crippen molar-refractivity contribution in [1.82, 2.24) is 0 Å². The van der Waals surface area contributed by atoms with E-state index in [2.05, 4.69) is 0 Å². The van der Waals surface area contributed by atoms with Crippen molar-refractivity contribution in [2.24, 2.45) is 5.92 Å². The molecule has 21 heavy (non-hydrogen) atoms. The first-order valence-electron chi connectivity index (χ1n) is 6.90. The molecule has 2 heterocycles. The van der Waals surface area contributed by atoms with Crippen LogP contribution in [0.1, 0.15) is 23.7 Å². The van der Waals surface area contributed by atoms with Crippen LogP contribution in [0.25, 0.3) is 0 Å². The molecule has 5 nitrogen and oxygen atoms in total. The number of hydrogen-bond donors (Lipinski definition) is 0. The van der Waals surface area contributed by atoms with Gasteiger partial charge in [-0.25, -0.2) is 0 Å². The average Bonchev–Trinajstić information content (AvgIpc) is 2.92. The van der Waals surface area contributed by atoms with Crippen LogP contribution in [0.2, 0.25) is 0 Å². The minimum absolute atomic E-state index is 0.0786. The Kier molecular flexibility index (Phi) is 2.84. The van der Waals surface area contributed by atoms with E-state index in [0.717, 1.165) is 23.5 Å². The second kappa shape index (κ2) is 4.84. The van der Waals surface area contributed by atoms with E-state index in [-0.39, 0.29) is 31.2 Å². The number of ether oxygens (including phenoxy) is 3. The van der Waals surface area contributed by atoms with Gasteiger partial charge in [-0.3, -0.25) is 4.79 Å². The molecular formula is C16H14O5. The Morgan fingerprint density at radius 1 is 1.24 bits per heavy atom. The Morgan fingerprint density at radius 2 is 2.14 bits per heavy atom. The minimum Gasteiger partial charge on any atom is -0.469 e. The third-order valence-electron chi connectivity index (χ3n) is 3.82. The van der Waals surface area contributed by atoms with Gasteiger partial charge in [-0.05, 0) is 36.2 Å². The van der Waals surface area contributed by atoms with Gasteiger partial charge in [-0.2, -0.15) is 0 Å². The molecular weight excluding hydrogens is 272 g/mol. The summed E-state index contributed by atoms with van der Waals surface area (Å²) in [5.74, 6) is 2.21. The second-order valence-corrected chi connectivity index (χ2v) is 5.26. The van der Waals surface area contributed by atoms with E-state index in [0.29, 0.717) is 5.75 Å². The van der Waals surface area contributed by atoms with E-state index in [1.807, 2.05) is 30.3 Å². The van der Waals surface area contributed by atoms with Crippen LogP contribution in [0, 0.1) is 5.92 Å². The molecule has 2 atom stereocenters. The molecule has 4 rings (SSSR count). The fourth-order valence-corrected chi connectivity index (χ4v) is 2.56. The van der Waals surface area contributed by atoms with E-state index in [1.165, 1.54) is 0 Å². The van der Waals surface area contributed by atoms with Gasteiger partial charge >= 0.3 is 5.97 Å². The highest BCUT2D eigenvalue weighted by Gasteiger charge is 2.47. The quantitative estimate of drug-likeness (QED) is 0.809. The van der Waals surface area contributed by atoms with Crippen molar-refractivity contribution >= 4 is 5.97 Å². The molecule has 2 aliphatic rings. The number of hydrogen-bond acceptors (Lipinski definition) is 5. The molecule has 2 unspecified atom stereocenters. The molecule has 0 spiro atoms. The van der Waals surface area contributed by atoms with Crippen molar-refractivity contribution in [3.05, 3.63) is 47.9 Å². The van der Waals surface area contributed by atoms with Crippen molar-refractivity contribution in [1.29, 1.82) is 0 Å². The number of carbonyl (C=O) groups excluding carboxylic acids is 1. The van der Waals surface area contributed by atoms with Gasteiger partial charge in [0, 0.05) is 5.92 Å². The van der Waals surface area contributed by atoms with Crippen molar-refractivity contribution in [3.8, 4) is 11.5 Å². The van der Waals surface area contributed by atoms with E-state index in [1.54, 1.807) is 6.26 Å². The van der Waals surface area contributed by atoms with Crippen LogP contribution in [0.15, 0.2) is 41.0 Å². The Bertz CT molecular complexity index is 661. The van der Waals surface area contributed by atoms with Crippen LogP contribution < -0.4 is 9.47 Å². The smallest absolute Gasteiger partial charge is 0.310 e. The van der Waals surface area contributed by atoms with Crippen molar-refractivity contribution < 1.29 is 23.4 Å². The summed E-state index contributed by atoms with van der Waals surface area (Å²) in [5, 5.41) is 0. The lowest BCUT2D eigenvalue weighted by Gasteiger charge is -2.05. The summed E-state index contributed by atoms with van der Waals surface area (Å²) in [5.41, 5.74) is 0.891. The molecule has 1 aromatic heterocycles. The number of rotatable bonds is 4. The third kappa shape index (κ3) is 2.35. The zero-order valence-corrected chi connectivity index (χ0v) is 11.3. The Morgan fingerprint density at radius 3 is 3.00 bits per heavy atom. The summed E-state index contributed by atoms with van der Waals surface area (Å²) in [6, 6.07) is 9.27. The largest absolute Gasteiger partial charge is 0.469 e. The van der Waals surface area contributed by atoms with Crippen LogP contribution >= 0.6 is 0 Å². The summed E-state index contributed by atoms with van der Waals surface area (Å²) < 4.78 is 21.2. The summed E-state index contributed by atoms with van der Waals surface area (Å²) in [4.78, 5) is 12.0. The lowest BCUT2D eigenvalue weighted by atomic mass is 10.2. The zero-order valence-electron chi connectivity index (χ0n) is 11.3. The van der Waals surface area contributed by atoms with Gasteiger partial charge in [0.05, 0.1) is 12.2 Å². The molecule has 5 heteroatoms. The van der Waals surface area contributed by atoms with Crippen LogP contribution in [0.3, 0.4) is 0 Å². The molecule has 1 aliphatic carbocycles. The van der Waals surface area contributed by atoms with Gasteiger partial charge in [0.25, 0.3) is 0 Å². The molecule has 0 N–H and O–H groups in total. The van der Waals surface area contributed by atoms with Crippen molar-refractivity contribution in [2.75, 3.05) is 6.79 Å². The predicted molar refractivity (Wildman–Crippen MR) is 71.9 cm³/mol. The number of esters is 1. The van der Waals surface area contributed by atoms with Gasteiger partial charge in [0.15, 0.2) is 11.5 Å². The molecule has 0 radical (unpaired) electrons. The molecule has 2 aromatic rings. The van der Waals surface area contributed by atoms with Gasteiger partial charge in [0.1, 0.15) is 12.4 Å². The van der Waals surface area contributed by atoms with E-state index < -0.39 is 0 Å². The molecule has 1 saturated carbocycles. The second-order valence-electron chi connectivity index (χ2n) is 5.26. The van der Waals surface area contributed by atoms with E-state index in [4.69, 9.17) is 18.6 Å². The number of fused-ring (bicyclic) bond motifs is 1. The summed E-state index contributed by atoms with van der Waals surface area (Å²) >= 11 is 0. The Hall–Kier alpha value is -2.43. The Balaban J connectivity index is 1.34. The maximum absolute atomic E-state index is 12.0. The summed E-state index contributed by atoms with van der Waals surface area (Å²) in [7, 11) is 0. The molecule has 1 aromatic carbocycles. The fourth-order valence-electron chi connectivity index (χ4n) is 2.56. The summed E-state index contributed by atoms with van der Waals surface area (Å²) in [6.07, 6.45) is 2.43. The predicted octanol–water partition coefficient (Wildman–Crippen LogP) is 2.86. The molecule has 0 saturated heterocycles. The highest BCUT2D eigenvalue weighted by Crippen LogP contribution is 2.48. The van der Waals surface area contributed by atoms with Gasteiger partial charge in [-0.15, -0.1) is 0 Å². The SMILES string of the molecule is O=C(OCc1ccc2c(c1)OCO2)C1CC1c1ccco1. The maximum Gasteiger partial charge on any atom is 0.310 e. The van der Waals surface area contributed by atoms with Gasteiger partial charge in [-0.1, -0.05) is 6.07 Å². The van der Waals surface area contributed by atoms with Crippen LogP contribution in [-0.2, 0) is 16.1 Å². The third-order valence-corrected chi connectivity index (χ3v) is 3.82. The highest BCUT2D eigenvalue weighted by atomic mass is 16.7. The van der Waals surface area contributed by atoms with E-state index in [9.17, 15) is 4.79 Å². The number of carbonyl (C=O) groups is 1. The molecule has 0 amide bonds. The standard InChI is InChI=1S/C16H14O5/c17-16(12-7-11(12)13-2-1-5-18-13)19-8-10-3-4-14-15(6-10)21-9-20-14/h1-6,11-12H,7-9H2. The molecule has 108 valence electrons. The van der Waals surface area contributed by atoms with Gasteiger partial charge < -0.3 is 18.6 Å². The van der Waals surface area contributed by atoms with Crippen LogP contribution in [0.4, 0.5) is 0 Å². The number of furan rings is 1. The minimum atomic E-state index is -0.172. The first-order chi connectivity index (χ1) is 10.3. The normalized spacial score (nSPS) is 22.1. The molecule has 1 aliphatic heterocycles. The summed E-state index contributed by atoms with van der Waals surface area (Å²) in [6.45, 7) is 0.488. The van der Waals surface area contributed by atoms with Crippen molar-refractivity contribution in [2.45, 2.75) is 18.9 Å². The van der Waals surface area contributed by atoms with Crippen molar-refractivity contribution in [3.63, 3.8) is 0 Å². The topological polar surface area (TPSA) is 57.9 Å². The van der Waals surface area contributed by atoms with E-state index >= 15 is 0 Å². The molecule has 0 bridgehead atoms. The number of benzene rings is 1. The Labute approximate surface area is 121 Å². The highest BCUT2D eigenvalue weighted by molar-refractivity contribution is 5.77. The maximum atomic E-state index is 12.0. The monoisotopic (exact) mass is 286 g/mol.